The average Bonchev–Trinajstić information content (AvgIpc) is 3.87. The highest BCUT2D eigenvalue weighted by Gasteiger charge is 2.71. The Balaban J connectivity index is 1.44. The Hall–Kier alpha value is -4.52. The van der Waals surface area contributed by atoms with Crippen LogP contribution in [0.1, 0.15) is 107 Å². The summed E-state index contributed by atoms with van der Waals surface area (Å²) >= 11 is 0. The second-order valence-corrected chi connectivity index (χ2v) is 17.9. The first-order valence-electron chi connectivity index (χ1n) is 20.7. The van der Waals surface area contributed by atoms with Crippen molar-refractivity contribution in [2.24, 2.45) is 29.1 Å². The Morgan fingerprint density at radius 2 is 1.46 bits per heavy atom. The maximum Gasteiger partial charge on any atom is 0.482 e. The lowest BCUT2D eigenvalue weighted by Gasteiger charge is -2.35. The van der Waals surface area contributed by atoms with Crippen LogP contribution in [0.4, 0.5) is 0 Å². The number of carbonyl (C=O) groups is 8. The number of aliphatic carboxylic acids is 2. The highest BCUT2D eigenvalue weighted by molar-refractivity contribution is 6.48. The Morgan fingerprint density at radius 3 is 2.02 bits per heavy atom. The number of fused-ring (bicyclic) bond motifs is 5. The molecule has 2 bridgehead atoms. The molecule has 0 aromatic rings. The van der Waals surface area contributed by atoms with Gasteiger partial charge in [0.2, 0.25) is 35.4 Å². The number of carboxylic acids is 2. The number of carboxylic acid groups (broad SMARTS) is 2. The molecule has 10 atom stereocenters. The lowest BCUT2D eigenvalue weighted by molar-refractivity contribution is -0.143. The van der Waals surface area contributed by atoms with Crippen LogP contribution in [-0.2, 0) is 47.7 Å². The number of hydrogen-bond acceptors (Lipinski definition) is 10. The second kappa shape index (κ2) is 19.3. The number of rotatable bonds is 20. The maximum absolute atomic E-state index is 14.2. The van der Waals surface area contributed by atoms with Gasteiger partial charge < -0.3 is 51.0 Å². The van der Waals surface area contributed by atoms with Crippen molar-refractivity contribution < 1.29 is 57.9 Å². The van der Waals surface area contributed by atoms with Crippen molar-refractivity contribution in [1.29, 1.82) is 0 Å². The summed E-state index contributed by atoms with van der Waals surface area (Å²) in [5.41, 5.74) is -0.389. The van der Waals surface area contributed by atoms with Gasteiger partial charge in [-0.2, -0.15) is 0 Å². The van der Waals surface area contributed by atoms with Gasteiger partial charge in [0.1, 0.15) is 30.2 Å². The van der Waals surface area contributed by atoms with E-state index in [1.807, 2.05) is 0 Å². The molecule has 59 heavy (non-hydrogen) atoms. The molecule has 0 aromatic carbocycles. The summed E-state index contributed by atoms with van der Waals surface area (Å²) in [6.45, 7) is 18.6. The van der Waals surface area contributed by atoms with E-state index < -0.39 is 121 Å². The van der Waals surface area contributed by atoms with Crippen molar-refractivity contribution in [2.45, 2.75) is 155 Å². The van der Waals surface area contributed by atoms with E-state index in [1.54, 1.807) is 33.8 Å². The normalized spacial score (nSPS) is 26.6. The van der Waals surface area contributed by atoms with Crippen LogP contribution in [0.2, 0.25) is 0 Å². The Kier molecular flexibility index (Phi) is 15.4. The van der Waals surface area contributed by atoms with Crippen LogP contribution in [0, 0.1) is 29.1 Å². The molecule has 0 spiro atoms. The molecule has 0 aromatic heterocycles. The summed E-state index contributed by atoms with van der Waals surface area (Å²) < 4.78 is 13.2. The van der Waals surface area contributed by atoms with Crippen molar-refractivity contribution in [1.82, 2.24) is 31.5 Å². The van der Waals surface area contributed by atoms with E-state index in [-0.39, 0.29) is 24.0 Å². The molecule has 4 fully saturated rings. The summed E-state index contributed by atoms with van der Waals surface area (Å²) in [5.74, 6) is -7.86. The predicted molar refractivity (Wildman–Crippen MR) is 214 cm³/mol. The molecule has 19 heteroatoms. The molecule has 6 amide bonds. The van der Waals surface area contributed by atoms with Crippen LogP contribution >= 0.6 is 0 Å². The summed E-state index contributed by atoms with van der Waals surface area (Å²) in [5, 5.41) is 31.4. The zero-order valence-corrected chi connectivity index (χ0v) is 35.5. The third-order valence-electron chi connectivity index (χ3n) is 12.6. The number of nitrogens with one attached hydrogen (secondary N) is 5. The van der Waals surface area contributed by atoms with Gasteiger partial charge in [-0.3, -0.25) is 38.4 Å². The minimum atomic E-state index is -1.56. The van der Waals surface area contributed by atoms with Gasteiger partial charge in [0.15, 0.2) is 0 Å². The average molecular weight is 831 g/mol. The van der Waals surface area contributed by atoms with Crippen molar-refractivity contribution in [3.8, 4) is 0 Å². The lowest BCUT2D eigenvalue weighted by Crippen LogP contribution is -2.61. The van der Waals surface area contributed by atoms with Crippen LogP contribution < -0.4 is 26.6 Å². The Labute approximate surface area is 346 Å². The minimum absolute atomic E-state index is 0.0849. The van der Waals surface area contributed by atoms with Gasteiger partial charge >= 0.3 is 19.1 Å². The van der Waals surface area contributed by atoms with E-state index in [1.165, 1.54) is 4.90 Å². The zero-order valence-electron chi connectivity index (χ0n) is 35.5. The molecule has 18 nitrogen and oxygen atoms in total. The molecule has 2 saturated heterocycles. The molecule has 3 unspecified atom stereocenters. The van der Waals surface area contributed by atoms with Crippen LogP contribution in [-0.4, -0.2) is 124 Å². The van der Waals surface area contributed by atoms with Crippen LogP contribution in [0.3, 0.4) is 0 Å². The molecular weight excluding hydrogens is 767 g/mol. The first-order valence-corrected chi connectivity index (χ1v) is 20.7. The van der Waals surface area contributed by atoms with Gasteiger partial charge in [-0.1, -0.05) is 47.6 Å². The van der Waals surface area contributed by atoms with E-state index in [4.69, 9.17) is 9.31 Å². The molecule has 7 N–H and O–H groups in total. The van der Waals surface area contributed by atoms with Gasteiger partial charge in [-0.15, -0.1) is 6.58 Å². The Bertz CT molecular complexity index is 1640. The molecule has 2 aliphatic carbocycles. The number of carbonyl (C=O) groups excluding carboxylic acids is 6. The quantitative estimate of drug-likeness (QED) is 0.0668. The fourth-order valence-corrected chi connectivity index (χ4v) is 9.65. The fourth-order valence-electron chi connectivity index (χ4n) is 9.65. The molecule has 4 rings (SSSR count). The minimum Gasteiger partial charge on any atom is -0.481 e. The van der Waals surface area contributed by atoms with Gasteiger partial charge in [0.05, 0.1) is 24.1 Å². The van der Waals surface area contributed by atoms with Gasteiger partial charge in [0, 0.05) is 19.9 Å². The zero-order chi connectivity index (χ0) is 44.1. The molecule has 2 heterocycles. The largest absolute Gasteiger partial charge is 0.482 e. The van der Waals surface area contributed by atoms with Crippen LogP contribution in [0.25, 0.3) is 0 Å². The van der Waals surface area contributed by atoms with E-state index in [2.05, 4.69) is 53.9 Å². The number of nitrogens with zero attached hydrogens (tertiary/aromatic N) is 1. The van der Waals surface area contributed by atoms with Crippen LogP contribution in [0.15, 0.2) is 12.7 Å². The van der Waals surface area contributed by atoms with E-state index in [0.29, 0.717) is 31.1 Å². The van der Waals surface area contributed by atoms with Gasteiger partial charge in [-0.05, 0) is 74.5 Å². The standard InChI is InChI=1S/C40H63BN6O12/c1-10-12-28(41-58-33-23-14-16-27(39(23,7)8)40(33,9)59-41)44-36(55)26-13-11-18-47(26)38(57)32(21(4)5)46-37(56)31(20(2)3)45-34(53)24(15-17-29(49)50)43-35(54)25(19-30(51)52)42-22(6)48/h10,20-21,23-28,31-33H,1,11-19H2,2-9H3,(H,42,48)(H,43,54)(H,44,55)(H,45,53)(H,46,56)(H,49,50)(H,51,52)/t23?,24-,25-,26-,27?,28-,31-,32-,33?,40-/m0/s1. The molecule has 2 aliphatic heterocycles. The van der Waals surface area contributed by atoms with Crippen molar-refractivity contribution >= 4 is 54.5 Å². The monoisotopic (exact) mass is 830 g/mol. The topological polar surface area (TPSA) is 259 Å². The molecule has 0 radical (unpaired) electrons. The van der Waals surface area contributed by atoms with Crippen molar-refractivity contribution in [2.75, 3.05) is 6.54 Å². The number of likely N-dealkylation sites (tertiary alicyclic amines) is 1. The second-order valence-electron chi connectivity index (χ2n) is 17.9. The van der Waals surface area contributed by atoms with Gasteiger partial charge in [0.25, 0.3) is 0 Å². The fraction of sp³-hybridized carbons (Fsp3) is 0.750. The van der Waals surface area contributed by atoms with Crippen LogP contribution in [0.5, 0.6) is 0 Å². The van der Waals surface area contributed by atoms with E-state index in [0.717, 1.165) is 19.8 Å². The third-order valence-corrected chi connectivity index (χ3v) is 12.6. The third kappa shape index (κ3) is 10.6. The van der Waals surface area contributed by atoms with Crippen molar-refractivity contribution in [3.63, 3.8) is 0 Å². The van der Waals surface area contributed by atoms with Gasteiger partial charge in [-0.25, -0.2) is 0 Å². The molecule has 328 valence electrons. The summed E-state index contributed by atoms with van der Waals surface area (Å²) in [6, 6.07) is -6.29. The maximum atomic E-state index is 14.2. The highest BCUT2D eigenvalue weighted by Crippen LogP contribution is 2.66. The predicted octanol–water partition coefficient (Wildman–Crippen LogP) is 0.916. The first kappa shape index (κ1) is 47.2. The van der Waals surface area contributed by atoms with E-state index >= 15 is 0 Å². The Morgan fingerprint density at radius 1 is 0.831 bits per heavy atom. The van der Waals surface area contributed by atoms with E-state index in [9.17, 15) is 48.6 Å². The van der Waals surface area contributed by atoms with Crippen molar-refractivity contribution in [3.05, 3.63) is 12.7 Å². The lowest BCUT2D eigenvalue weighted by atomic mass is 9.74. The SMILES string of the molecule is C=CC[C@H](NC(=O)[C@@H]1CCCN1C(=O)[C@@H](NC(=O)[C@@H](NC(=O)[C@H](CCC(=O)O)NC(=O)[C@H](CC(=O)O)NC(C)=O)C(C)C)C(C)C)B1OC2C3CCC(C3(C)C)[C@]2(C)O1. The smallest absolute Gasteiger partial charge is 0.481 e. The number of amides is 6. The number of hydrogen-bond donors (Lipinski definition) is 7. The molecule has 2 saturated carbocycles. The summed E-state index contributed by atoms with van der Waals surface area (Å²) in [4.78, 5) is 105. The molecular formula is C40H63BN6O12. The summed E-state index contributed by atoms with van der Waals surface area (Å²) in [7, 11) is -0.692. The molecule has 4 aliphatic rings. The summed E-state index contributed by atoms with van der Waals surface area (Å²) in [6.07, 6.45) is 3.25. The highest BCUT2D eigenvalue weighted by atomic mass is 16.7. The first-order chi connectivity index (χ1) is 27.5.